The Morgan fingerprint density at radius 1 is 1.50 bits per heavy atom. The van der Waals surface area contributed by atoms with Crippen LogP contribution in [0.25, 0.3) is 0 Å². The van der Waals surface area contributed by atoms with Crippen LogP contribution >= 0.6 is 11.6 Å². The molecule has 1 aromatic carbocycles. The number of carbonyl (C=O) groups is 1. The number of hydrogen-bond acceptors (Lipinski definition) is 5. The molecule has 0 aliphatic carbocycles. The van der Waals surface area contributed by atoms with Crippen LogP contribution in [0.15, 0.2) is 18.5 Å². The molecule has 0 fully saturated rings. The zero-order valence-corrected chi connectivity index (χ0v) is 11.8. The molecule has 5 N–H and O–H groups in total. The Morgan fingerprint density at radius 2 is 2.20 bits per heavy atom. The van der Waals surface area contributed by atoms with Crippen LogP contribution in [0.1, 0.15) is 29.1 Å². The molecule has 1 amide bonds. The maximum Gasteiger partial charge on any atom is 0.250 e. The molecule has 0 radical (unpaired) electrons. The van der Waals surface area contributed by atoms with Crippen molar-refractivity contribution in [3.05, 3.63) is 34.9 Å². The van der Waals surface area contributed by atoms with Gasteiger partial charge in [0, 0.05) is 12.7 Å². The summed E-state index contributed by atoms with van der Waals surface area (Å²) in [6.07, 6.45) is 1.59. The highest BCUT2D eigenvalue weighted by Crippen LogP contribution is 2.31. The fourth-order valence-corrected chi connectivity index (χ4v) is 2.22. The average molecular weight is 295 g/mol. The number of nitrogen functional groups attached to an aromatic ring is 1. The Balaban J connectivity index is 2.38. The molecule has 1 atom stereocenters. The average Bonchev–Trinajstić information content (AvgIpc) is 2.78. The van der Waals surface area contributed by atoms with Gasteiger partial charge in [0.05, 0.1) is 22.3 Å². The zero-order valence-electron chi connectivity index (χ0n) is 11.1. The first kappa shape index (κ1) is 14.1. The van der Waals surface area contributed by atoms with Crippen LogP contribution in [0.5, 0.6) is 0 Å². The van der Waals surface area contributed by atoms with E-state index in [1.807, 2.05) is 14.0 Å². The molecule has 0 bridgehead atoms. The van der Waals surface area contributed by atoms with E-state index in [9.17, 15) is 4.79 Å². The molecule has 0 aliphatic heterocycles. The summed E-state index contributed by atoms with van der Waals surface area (Å²) in [5.74, 6) is 0.0974. The van der Waals surface area contributed by atoms with Gasteiger partial charge >= 0.3 is 0 Å². The van der Waals surface area contributed by atoms with Crippen LogP contribution in [0.2, 0.25) is 5.02 Å². The molecule has 0 saturated carbocycles. The molecule has 106 valence electrons. The highest BCUT2D eigenvalue weighted by atomic mass is 35.5. The molecule has 1 aromatic heterocycles. The number of nitrogens with one attached hydrogen (secondary N) is 1. The number of hydrogen-bond donors (Lipinski definition) is 3. The predicted octanol–water partition coefficient (Wildman–Crippen LogP) is 1.32. The number of aryl methyl sites for hydroxylation is 1. The molecule has 0 saturated heterocycles. The molecule has 7 nitrogen and oxygen atoms in total. The van der Waals surface area contributed by atoms with E-state index in [2.05, 4.69) is 15.5 Å². The van der Waals surface area contributed by atoms with Crippen molar-refractivity contribution < 1.29 is 4.79 Å². The number of primary amides is 1. The van der Waals surface area contributed by atoms with Crippen molar-refractivity contribution in [1.82, 2.24) is 14.8 Å². The van der Waals surface area contributed by atoms with E-state index in [1.54, 1.807) is 17.0 Å². The first-order valence-electron chi connectivity index (χ1n) is 5.89. The van der Waals surface area contributed by atoms with E-state index in [-0.39, 0.29) is 11.6 Å². The van der Waals surface area contributed by atoms with Crippen molar-refractivity contribution >= 4 is 28.9 Å². The van der Waals surface area contributed by atoms with Gasteiger partial charge in [-0.15, -0.1) is 10.2 Å². The Hall–Kier alpha value is -2.28. The van der Waals surface area contributed by atoms with Crippen LogP contribution < -0.4 is 16.8 Å². The van der Waals surface area contributed by atoms with Gasteiger partial charge in [0.2, 0.25) is 0 Å². The number of aromatic nitrogens is 3. The number of amides is 1. The SMILES string of the molecule is CC(Nc1c(Cl)cc(N)cc1C(N)=O)c1nncn1C. The zero-order chi connectivity index (χ0) is 14.9. The standard InChI is InChI=1S/C12H15ClN6O/c1-6(12-18-16-5-19(12)2)17-10-8(11(15)20)3-7(14)4-9(10)13/h3-6,17H,14H2,1-2H3,(H2,15,20). The van der Waals surface area contributed by atoms with Gasteiger partial charge in [-0.25, -0.2) is 0 Å². The second kappa shape index (κ2) is 5.38. The highest BCUT2D eigenvalue weighted by Gasteiger charge is 2.18. The Morgan fingerprint density at radius 3 is 2.75 bits per heavy atom. The van der Waals surface area contributed by atoms with E-state index < -0.39 is 5.91 Å². The summed E-state index contributed by atoms with van der Waals surface area (Å²) < 4.78 is 1.77. The number of carbonyl (C=O) groups excluding carboxylic acids is 1. The number of benzene rings is 1. The van der Waals surface area contributed by atoms with Crippen LogP contribution in [-0.4, -0.2) is 20.7 Å². The maximum absolute atomic E-state index is 11.5. The summed E-state index contributed by atoms with van der Waals surface area (Å²) >= 11 is 6.13. The fraction of sp³-hybridized carbons (Fsp3) is 0.250. The lowest BCUT2D eigenvalue weighted by molar-refractivity contribution is 0.100. The van der Waals surface area contributed by atoms with Crippen LogP contribution in [0.4, 0.5) is 11.4 Å². The van der Waals surface area contributed by atoms with Crippen molar-refractivity contribution in [2.45, 2.75) is 13.0 Å². The third-order valence-corrected chi connectivity index (χ3v) is 3.17. The van der Waals surface area contributed by atoms with Gasteiger partial charge in [-0.05, 0) is 19.1 Å². The molecular weight excluding hydrogens is 280 g/mol. The monoisotopic (exact) mass is 294 g/mol. The molecule has 0 spiro atoms. The summed E-state index contributed by atoms with van der Waals surface area (Å²) in [5.41, 5.74) is 12.1. The molecule has 2 aromatic rings. The minimum atomic E-state index is -0.605. The molecule has 2 rings (SSSR count). The molecule has 1 heterocycles. The quantitative estimate of drug-likeness (QED) is 0.736. The smallest absolute Gasteiger partial charge is 0.250 e. The molecule has 0 aliphatic rings. The van der Waals surface area contributed by atoms with E-state index >= 15 is 0 Å². The minimum Gasteiger partial charge on any atom is -0.399 e. The predicted molar refractivity (Wildman–Crippen MR) is 77.4 cm³/mol. The number of anilines is 2. The summed E-state index contributed by atoms with van der Waals surface area (Å²) in [6, 6.07) is 2.83. The van der Waals surface area contributed by atoms with E-state index in [4.69, 9.17) is 23.1 Å². The van der Waals surface area contributed by atoms with Crippen molar-refractivity contribution in [2.24, 2.45) is 12.8 Å². The van der Waals surface area contributed by atoms with Crippen molar-refractivity contribution in [3.8, 4) is 0 Å². The summed E-state index contributed by atoms with van der Waals surface area (Å²) in [4.78, 5) is 11.5. The van der Waals surface area contributed by atoms with Gasteiger partial charge in [0.15, 0.2) is 5.82 Å². The van der Waals surface area contributed by atoms with Gasteiger partial charge in [-0.1, -0.05) is 11.6 Å². The molecule has 1 unspecified atom stereocenters. The lowest BCUT2D eigenvalue weighted by atomic mass is 10.1. The lowest BCUT2D eigenvalue weighted by Gasteiger charge is -2.18. The minimum absolute atomic E-state index is 0.207. The van der Waals surface area contributed by atoms with Gasteiger partial charge in [0.25, 0.3) is 5.91 Å². The number of rotatable bonds is 4. The summed E-state index contributed by atoms with van der Waals surface area (Å²) in [5, 5.41) is 11.3. The Kier molecular flexibility index (Phi) is 3.80. The Labute approximate surface area is 120 Å². The first-order chi connectivity index (χ1) is 9.40. The van der Waals surface area contributed by atoms with Crippen LogP contribution in [-0.2, 0) is 7.05 Å². The van der Waals surface area contributed by atoms with E-state index in [0.29, 0.717) is 22.2 Å². The van der Waals surface area contributed by atoms with Gasteiger partial charge in [0.1, 0.15) is 6.33 Å². The number of nitrogens with zero attached hydrogens (tertiary/aromatic N) is 3. The molecule has 8 heteroatoms. The largest absolute Gasteiger partial charge is 0.399 e. The highest BCUT2D eigenvalue weighted by molar-refractivity contribution is 6.34. The second-order valence-corrected chi connectivity index (χ2v) is 4.86. The van der Waals surface area contributed by atoms with Gasteiger partial charge < -0.3 is 21.4 Å². The Bertz CT molecular complexity index is 653. The fourth-order valence-electron chi connectivity index (χ4n) is 1.93. The molecular formula is C12H15ClN6O. The van der Waals surface area contributed by atoms with E-state index in [0.717, 1.165) is 0 Å². The number of halogens is 1. The van der Waals surface area contributed by atoms with Crippen LogP contribution in [0.3, 0.4) is 0 Å². The lowest BCUT2D eigenvalue weighted by Crippen LogP contribution is -2.18. The van der Waals surface area contributed by atoms with Crippen molar-refractivity contribution in [1.29, 1.82) is 0 Å². The maximum atomic E-state index is 11.5. The van der Waals surface area contributed by atoms with Crippen LogP contribution in [0, 0.1) is 0 Å². The summed E-state index contributed by atoms with van der Waals surface area (Å²) in [7, 11) is 1.83. The second-order valence-electron chi connectivity index (χ2n) is 4.46. The van der Waals surface area contributed by atoms with Gasteiger partial charge in [-0.2, -0.15) is 0 Å². The number of nitrogens with two attached hydrogens (primary N) is 2. The third kappa shape index (κ3) is 2.67. The summed E-state index contributed by atoms with van der Waals surface area (Å²) in [6.45, 7) is 1.88. The van der Waals surface area contributed by atoms with E-state index in [1.165, 1.54) is 6.07 Å². The van der Waals surface area contributed by atoms with Crippen molar-refractivity contribution in [2.75, 3.05) is 11.1 Å². The topological polar surface area (TPSA) is 112 Å². The molecule has 20 heavy (non-hydrogen) atoms. The third-order valence-electron chi connectivity index (χ3n) is 2.87. The van der Waals surface area contributed by atoms with Gasteiger partial charge in [-0.3, -0.25) is 4.79 Å². The normalized spacial score (nSPS) is 12.2. The first-order valence-corrected chi connectivity index (χ1v) is 6.27. The van der Waals surface area contributed by atoms with Crippen molar-refractivity contribution in [3.63, 3.8) is 0 Å².